The van der Waals surface area contributed by atoms with Gasteiger partial charge in [0.15, 0.2) is 12.4 Å². The summed E-state index contributed by atoms with van der Waals surface area (Å²) in [5.74, 6) is 0.167. The fourth-order valence-corrected chi connectivity index (χ4v) is 2.82. The Morgan fingerprint density at radius 1 is 1.19 bits per heavy atom. The Balaban J connectivity index is 1.78. The molecule has 2 aromatic carbocycles. The molecule has 1 heterocycles. The smallest absolute Gasteiger partial charge is 0.344 e. The number of hydrogen-bond acceptors (Lipinski definition) is 5. The summed E-state index contributed by atoms with van der Waals surface area (Å²) in [7, 11) is 0. The summed E-state index contributed by atoms with van der Waals surface area (Å²) in [6.07, 6.45) is 1.56. The first-order chi connectivity index (χ1) is 12.5. The lowest BCUT2D eigenvalue weighted by Crippen LogP contribution is -2.14. The molecule has 0 bridgehead atoms. The number of halogens is 2. The number of Topliss-reactive ketones (excluding diaryl/α,β-unsaturated/α-hetero) is 1. The van der Waals surface area contributed by atoms with Gasteiger partial charge < -0.3 is 14.2 Å². The summed E-state index contributed by atoms with van der Waals surface area (Å²) in [5, 5.41) is 0.915. The van der Waals surface area contributed by atoms with Crippen LogP contribution in [0.5, 0.6) is 11.5 Å². The number of hydrogen-bond donors (Lipinski definition) is 0. The average Bonchev–Trinajstić information content (AvgIpc) is 2.91. The average molecular weight is 393 g/mol. The van der Waals surface area contributed by atoms with Crippen molar-refractivity contribution in [3.63, 3.8) is 0 Å². The van der Waals surface area contributed by atoms with Gasteiger partial charge in [0, 0.05) is 16.1 Å². The monoisotopic (exact) mass is 392 g/mol. The molecule has 0 amide bonds. The maximum atomic E-state index is 12.5. The van der Waals surface area contributed by atoms with Gasteiger partial charge in [0.05, 0.1) is 12.2 Å². The fourth-order valence-electron chi connectivity index (χ4n) is 2.36. The molecule has 3 rings (SSSR count). The Labute approximate surface area is 160 Å². The number of carbonyl (C=O) groups is 2. The number of fused-ring (bicyclic) bond motifs is 1. The quantitative estimate of drug-likeness (QED) is 0.551. The van der Waals surface area contributed by atoms with Crippen LogP contribution >= 0.6 is 23.2 Å². The number of carbonyl (C=O) groups excluding carboxylic acids is 2. The van der Waals surface area contributed by atoms with Crippen molar-refractivity contribution in [2.45, 2.75) is 6.92 Å². The molecule has 0 unspecified atom stereocenters. The Bertz CT molecular complexity index is 905. The van der Waals surface area contributed by atoms with Crippen LogP contribution < -0.4 is 9.47 Å². The zero-order valence-corrected chi connectivity index (χ0v) is 15.3. The number of esters is 1. The highest BCUT2D eigenvalue weighted by molar-refractivity contribution is 6.35. The van der Waals surface area contributed by atoms with Crippen LogP contribution in [0.2, 0.25) is 10.0 Å². The van der Waals surface area contributed by atoms with Crippen molar-refractivity contribution in [1.82, 2.24) is 0 Å². The van der Waals surface area contributed by atoms with E-state index in [0.29, 0.717) is 32.7 Å². The largest absolute Gasteiger partial charge is 0.482 e. The van der Waals surface area contributed by atoms with Gasteiger partial charge in [-0.3, -0.25) is 4.79 Å². The van der Waals surface area contributed by atoms with Crippen LogP contribution in [0.4, 0.5) is 0 Å². The Kier molecular flexibility index (Phi) is 5.49. The van der Waals surface area contributed by atoms with E-state index in [-0.39, 0.29) is 24.8 Å². The molecule has 1 aliphatic rings. The number of ether oxygens (including phenoxy) is 3. The van der Waals surface area contributed by atoms with Crippen molar-refractivity contribution >= 4 is 41.0 Å². The Hall–Kier alpha value is -2.50. The van der Waals surface area contributed by atoms with Gasteiger partial charge in [-0.1, -0.05) is 29.3 Å². The third kappa shape index (κ3) is 4.00. The van der Waals surface area contributed by atoms with Gasteiger partial charge in [-0.15, -0.1) is 0 Å². The van der Waals surface area contributed by atoms with E-state index in [1.807, 2.05) is 0 Å². The minimum Gasteiger partial charge on any atom is -0.482 e. The maximum Gasteiger partial charge on any atom is 0.344 e. The molecular weight excluding hydrogens is 379 g/mol. The molecule has 1 aliphatic heterocycles. The predicted octanol–water partition coefficient (Wildman–Crippen LogP) is 4.55. The van der Waals surface area contributed by atoms with E-state index < -0.39 is 5.97 Å². The maximum absolute atomic E-state index is 12.5. The molecule has 2 aromatic rings. The van der Waals surface area contributed by atoms with Gasteiger partial charge in [-0.25, -0.2) is 4.79 Å². The van der Waals surface area contributed by atoms with Crippen LogP contribution in [0.25, 0.3) is 6.08 Å². The van der Waals surface area contributed by atoms with E-state index >= 15 is 0 Å². The molecule has 0 atom stereocenters. The molecule has 0 aromatic heterocycles. The second-order valence-corrected chi connectivity index (χ2v) is 6.20. The van der Waals surface area contributed by atoms with E-state index in [2.05, 4.69) is 0 Å². The summed E-state index contributed by atoms with van der Waals surface area (Å²) in [4.78, 5) is 23.8. The van der Waals surface area contributed by atoms with Crippen LogP contribution in [-0.2, 0) is 9.53 Å². The molecule has 0 fully saturated rings. The zero-order chi connectivity index (χ0) is 18.7. The summed E-state index contributed by atoms with van der Waals surface area (Å²) < 4.78 is 15.8. The van der Waals surface area contributed by atoms with Crippen LogP contribution in [0.15, 0.2) is 42.2 Å². The van der Waals surface area contributed by atoms with Crippen molar-refractivity contribution in [2.24, 2.45) is 0 Å². The lowest BCUT2D eigenvalue weighted by Gasteiger charge is -2.06. The van der Waals surface area contributed by atoms with E-state index in [1.54, 1.807) is 49.4 Å². The first-order valence-corrected chi connectivity index (χ1v) is 8.55. The van der Waals surface area contributed by atoms with Crippen molar-refractivity contribution in [3.05, 3.63) is 63.3 Å². The molecular formula is C19H14Cl2O5. The molecule has 134 valence electrons. The fraction of sp³-hybridized carbons (Fsp3) is 0.158. The third-order valence-corrected chi connectivity index (χ3v) is 4.11. The van der Waals surface area contributed by atoms with Gasteiger partial charge in [0.1, 0.15) is 11.5 Å². The molecule has 7 heteroatoms. The lowest BCUT2D eigenvalue weighted by atomic mass is 10.1. The Morgan fingerprint density at radius 3 is 2.73 bits per heavy atom. The van der Waals surface area contributed by atoms with E-state index in [0.717, 1.165) is 0 Å². The first-order valence-electron chi connectivity index (χ1n) is 7.79. The molecule has 0 radical (unpaired) electrons. The van der Waals surface area contributed by atoms with Crippen molar-refractivity contribution in [2.75, 3.05) is 13.2 Å². The zero-order valence-electron chi connectivity index (χ0n) is 13.8. The van der Waals surface area contributed by atoms with Crippen LogP contribution in [0.3, 0.4) is 0 Å². The first kappa shape index (κ1) is 18.3. The van der Waals surface area contributed by atoms with E-state index in [4.69, 9.17) is 37.4 Å². The highest BCUT2D eigenvalue weighted by atomic mass is 35.5. The number of ketones is 1. The number of rotatable bonds is 5. The third-order valence-electron chi connectivity index (χ3n) is 3.55. The lowest BCUT2D eigenvalue weighted by molar-refractivity contribution is -0.145. The van der Waals surface area contributed by atoms with Gasteiger partial charge in [-0.05, 0) is 42.8 Å². The highest BCUT2D eigenvalue weighted by Gasteiger charge is 2.28. The molecule has 0 saturated carbocycles. The minimum absolute atomic E-state index is 0.145. The number of benzene rings is 2. The van der Waals surface area contributed by atoms with Crippen LogP contribution in [0, 0.1) is 0 Å². The van der Waals surface area contributed by atoms with Crippen LogP contribution in [-0.4, -0.2) is 25.0 Å². The SMILES string of the molecule is CCOC(=O)COc1ccc2c(c1)O/C(=C\c1ccc(Cl)cc1Cl)C2=O. The summed E-state index contributed by atoms with van der Waals surface area (Å²) in [5.41, 5.74) is 1.02. The van der Waals surface area contributed by atoms with E-state index in [9.17, 15) is 9.59 Å². The highest BCUT2D eigenvalue weighted by Crippen LogP contribution is 2.35. The molecule has 0 aliphatic carbocycles. The normalized spacial score (nSPS) is 14.1. The van der Waals surface area contributed by atoms with Gasteiger partial charge in [-0.2, -0.15) is 0 Å². The number of allylic oxidation sites excluding steroid dienone is 1. The van der Waals surface area contributed by atoms with Gasteiger partial charge in [0.2, 0.25) is 5.78 Å². The second kappa shape index (κ2) is 7.81. The molecule has 0 saturated heterocycles. The summed E-state index contributed by atoms with van der Waals surface area (Å²) in [6, 6.07) is 9.69. The van der Waals surface area contributed by atoms with Gasteiger partial charge >= 0.3 is 5.97 Å². The standard InChI is InChI=1S/C19H14Cl2O5/c1-2-24-18(22)10-25-13-5-6-14-16(9-13)26-17(19(14)23)7-11-3-4-12(20)8-15(11)21/h3-9H,2,10H2,1H3/b17-7-. The molecule has 26 heavy (non-hydrogen) atoms. The Morgan fingerprint density at radius 2 is 2.00 bits per heavy atom. The predicted molar refractivity (Wildman–Crippen MR) is 98.0 cm³/mol. The molecule has 0 N–H and O–H groups in total. The van der Waals surface area contributed by atoms with Gasteiger partial charge in [0.25, 0.3) is 0 Å². The van der Waals surface area contributed by atoms with Crippen molar-refractivity contribution in [1.29, 1.82) is 0 Å². The molecule has 0 spiro atoms. The van der Waals surface area contributed by atoms with Crippen molar-refractivity contribution < 1.29 is 23.8 Å². The molecule has 5 nitrogen and oxygen atoms in total. The second-order valence-electron chi connectivity index (χ2n) is 5.36. The van der Waals surface area contributed by atoms with E-state index in [1.165, 1.54) is 0 Å². The minimum atomic E-state index is -0.469. The van der Waals surface area contributed by atoms with Crippen LogP contribution in [0.1, 0.15) is 22.8 Å². The summed E-state index contributed by atoms with van der Waals surface area (Å²) >= 11 is 12.0. The van der Waals surface area contributed by atoms with Crippen molar-refractivity contribution in [3.8, 4) is 11.5 Å². The topological polar surface area (TPSA) is 61.8 Å². The summed E-state index contributed by atoms with van der Waals surface area (Å²) in [6.45, 7) is 1.78.